The molecule has 2 aliphatic rings. The van der Waals surface area contributed by atoms with Crippen molar-refractivity contribution < 1.29 is 23.1 Å². The summed E-state index contributed by atoms with van der Waals surface area (Å²) in [6.45, 7) is 0.329. The van der Waals surface area contributed by atoms with Crippen molar-refractivity contribution in [1.82, 2.24) is 19.5 Å². The Morgan fingerprint density at radius 2 is 1.94 bits per heavy atom. The summed E-state index contributed by atoms with van der Waals surface area (Å²) in [6.07, 6.45) is 2.33. The first-order chi connectivity index (χ1) is 16.0. The third kappa shape index (κ3) is 3.75. The number of ether oxygens (including phenoxy) is 1. The zero-order valence-electron chi connectivity index (χ0n) is 18.2. The van der Waals surface area contributed by atoms with Gasteiger partial charge in [0.25, 0.3) is 12.3 Å². The fourth-order valence-electron chi connectivity index (χ4n) is 5.05. The maximum Gasteiger partial charge on any atom is 0.280 e. The normalized spacial score (nSPS) is 20.8. The lowest BCUT2D eigenvalue weighted by Gasteiger charge is -2.43. The van der Waals surface area contributed by atoms with Crippen LogP contribution < -0.4 is 4.74 Å². The highest BCUT2D eigenvalue weighted by molar-refractivity contribution is 6.01. The van der Waals surface area contributed by atoms with Crippen molar-refractivity contribution in [3.05, 3.63) is 47.8 Å². The molecule has 3 heterocycles. The van der Waals surface area contributed by atoms with Gasteiger partial charge in [-0.3, -0.25) is 9.59 Å². The van der Waals surface area contributed by atoms with Crippen molar-refractivity contribution in [2.24, 2.45) is 5.92 Å². The number of ketones is 1. The first-order valence-corrected chi connectivity index (χ1v) is 11.1. The predicted molar refractivity (Wildman–Crippen MR) is 116 cm³/mol. The summed E-state index contributed by atoms with van der Waals surface area (Å²) in [6, 6.07) is 8.04. The van der Waals surface area contributed by atoms with Gasteiger partial charge in [0.1, 0.15) is 22.8 Å². The summed E-state index contributed by atoms with van der Waals surface area (Å²) in [5.74, 6) is 0.395. The SMILES string of the molecule is COc1ccc(-c2cc(C(F)F)n3ncc(C(=O)N4CCC(=O)C5CCCCC54)c3n2)cc1. The number of hydrogen-bond acceptors (Lipinski definition) is 5. The fourth-order valence-corrected chi connectivity index (χ4v) is 5.05. The molecule has 2 aromatic heterocycles. The Kier molecular flexibility index (Phi) is 5.55. The number of Topliss-reactive ketones (excluding diaryl/α,β-unsaturated/α-hetero) is 1. The van der Waals surface area contributed by atoms with Gasteiger partial charge >= 0.3 is 0 Å². The maximum atomic E-state index is 13.9. The summed E-state index contributed by atoms with van der Waals surface area (Å²) in [4.78, 5) is 32.2. The van der Waals surface area contributed by atoms with Gasteiger partial charge in [-0.15, -0.1) is 0 Å². The minimum Gasteiger partial charge on any atom is -0.497 e. The number of fused-ring (bicyclic) bond motifs is 2. The van der Waals surface area contributed by atoms with E-state index in [-0.39, 0.29) is 40.6 Å². The van der Waals surface area contributed by atoms with Gasteiger partial charge in [0.05, 0.1) is 19.0 Å². The molecule has 2 unspecified atom stereocenters. The quantitative estimate of drug-likeness (QED) is 0.587. The number of benzene rings is 1. The van der Waals surface area contributed by atoms with Gasteiger partial charge in [0.15, 0.2) is 5.65 Å². The van der Waals surface area contributed by atoms with E-state index in [4.69, 9.17) is 4.74 Å². The monoisotopic (exact) mass is 454 g/mol. The van der Waals surface area contributed by atoms with Gasteiger partial charge in [-0.05, 0) is 43.2 Å². The molecular formula is C24H24F2N4O3. The second-order valence-corrected chi connectivity index (χ2v) is 8.56. The number of nitrogens with zero attached hydrogens (tertiary/aromatic N) is 4. The number of likely N-dealkylation sites (tertiary alicyclic amines) is 1. The molecule has 0 spiro atoms. The lowest BCUT2D eigenvalue weighted by molar-refractivity contribution is -0.129. The molecule has 1 saturated heterocycles. The zero-order chi connectivity index (χ0) is 23.1. The molecule has 5 rings (SSSR count). The second kappa shape index (κ2) is 8.53. The molecule has 1 amide bonds. The van der Waals surface area contributed by atoms with Crippen LogP contribution >= 0.6 is 0 Å². The lowest BCUT2D eigenvalue weighted by Crippen LogP contribution is -2.53. The van der Waals surface area contributed by atoms with E-state index in [0.29, 0.717) is 30.0 Å². The van der Waals surface area contributed by atoms with Crippen LogP contribution in [0.25, 0.3) is 16.9 Å². The number of carbonyl (C=O) groups excluding carboxylic acids is 2. The summed E-state index contributed by atoms with van der Waals surface area (Å²) >= 11 is 0. The number of aromatic nitrogens is 3. The molecule has 0 radical (unpaired) electrons. The van der Waals surface area contributed by atoms with E-state index >= 15 is 0 Å². The Hall–Kier alpha value is -3.36. The number of halogens is 2. The Morgan fingerprint density at radius 3 is 2.67 bits per heavy atom. The van der Waals surface area contributed by atoms with E-state index in [9.17, 15) is 18.4 Å². The molecule has 1 aliphatic heterocycles. The van der Waals surface area contributed by atoms with Crippen molar-refractivity contribution in [2.45, 2.75) is 44.6 Å². The minimum absolute atomic E-state index is 0.0906. The van der Waals surface area contributed by atoms with Crippen molar-refractivity contribution in [1.29, 1.82) is 0 Å². The van der Waals surface area contributed by atoms with Crippen LogP contribution in [-0.4, -0.2) is 50.9 Å². The number of alkyl halides is 2. The van der Waals surface area contributed by atoms with E-state index in [0.717, 1.165) is 30.2 Å². The molecule has 9 heteroatoms. The Balaban J connectivity index is 1.57. The Bertz CT molecular complexity index is 1210. The van der Waals surface area contributed by atoms with E-state index < -0.39 is 6.43 Å². The summed E-state index contributed by atoms with van der Waals surface area (Å²) in [5, 5.41) is 4.08. The highest BCUT2D eigenvalue weighted by Gasteiger charge is 2.41. The number of methoxy groups -OCH3 is 1. The lowest BCUT2D eigenvalue weighted by atomic mass is 9.77. The molecule has 2 atom stereocenters. The average molecular weight is 454 g/mol. The fraction of sp³-hybridized carbons (Fsp3) is 0.417. The number of rotatable bonds is 4. The van der Waals surface area contributed by atoms with Gasteiger partial charge in [-0.25, -0.2) is 18.3 Å². The van der Waals surface area contributed by atoms with E-state index in [1.54, 1.807) is 36.3 Å². The van der Waals surface area contributed by atoms with Crippen molar-refractivity contribution in [2.75, 3.05) is 13.7 Å². The smallest absolute Gasteiger partial charge is 0.280 e. The molecule has 1 aromatic carbocycles. The zero-order valence-corrected chi connectivity index (χ0v) is 18.2. The van der Waals surface area contributed by atoms with Crippen LogP contribution in [0.2, 0.25) is 0 Å². The highest BCUT2D eigenvalue weighted by atomic mass is 19.3. The summed E-state index contributed by atoms with van der Waals surface area (Å²) < 4.78 is 34.0. The predicted octanol–water partition coefficient (Wildman–Crippen LogP) is 4.32. The number of piperidine rings is 1. The molecular weight excluding hydrogens is 430 g/mol. The third-order valence-electron chi connectivity index (χ3n) is 6.74. The molecule has 3 aromatic rings. The van der Waals surface area contributed by atoms with Crippen molar-refractivity contribution in [3.63, 3.8) is 0 Å². The highest BCUT2D eigenvalue weighted by Crippen LogP contribution is 2.35. The molecule has 0 N–H and O–H groups in total. The maximum absolute atomic E-state index is 13.9. The van der Waals surface area contributed by atoms with Crippen molar-refractivity contribution >= 4 is 17.3 Å². The number of amides is 1. The van der Waals surface area contributed by atoms with Gasteiger partial charge < -0.3 is 9.64 Å². The molecule has 2 fully saturated rings. The van der Waals surface area contributed by atoms with Gasteiger partial charge in [0.2, 0.25) is 0 Å². The van der Waals surface area contributed by atoms with Gasteiger partial charge in [-0.1, -0.05) is 12.8 Å². The van der Waals surface area contributed by atoms with Crippen LogP contribution in [-0.2, 0) is 4.79 Å². The molecule has 172 valence electrons. The number of hydrogen-bond donors (Lipinski definition) is 0. The molecule has 0 bridgehead atoms. The molecule has 33 heavy (non-hydrogen) atoms. The topological polar surface area (TPSA) is 76.8 Å². The van der Waals surface area contributed by atoms with Crippen molar-refractivity contribution in [3.8, 4) is 17.0 Å². The Labute approximate surface area is 189 Å². The van der Waals surface area contributed by atoms with Crippen LogP contribution in [0.1, 0.15) is 54.6 Å². The van der Waals surface area contributed by atoms with Gasteiger partial charge in [-0.2, -0.15) is 5.10 Å². The van der Waals surface area contributed by atoms with Crippen LogP contribution in [0.4, 0.5) is 8.78 Å². The second-order valence-electron chi connectivity index (χ2n) is 8.56. The van der Waals surface area contributed by atoms with E-state index in [1.807, 2.05) is 0 Å². The largest absolute Gasteiger partial charge is 0.497 e. The van der Waals surface area contributed by atoms with Crippen LogP contribution in [0.15, 0.2) is 36.5 Å². The van der Waals surface area contributed by atoms with E-state index in [2.05, 4.69) is 10.1 Å². The first-order valence-electron chi connectivity index (χ1n) is 11.1. The number of carbonyl (C=O) groups is 2. The van der Waals surface area contributed by atoms with Crippen LogP contribution in [0.5, 0.6) is 5.75 Å². The summed E-state index contributed by atoms with van der Waals surface area (Å²) in [5.41, 5.74) is 0.864. The van der Waals surface area contributed by atoms with E-state index in [1.165, 1.54) is 12.3 Å². The standard InChI is InChI=1S/C24H24F2N4O3/c1-33-15-8-6-14(7-9-15)18-12-20(22(25)26)30-23(28-18)17(13-27-30)24(32)29-11-10-21(31)16-4-2-3-5-19(16)29/h6-9,12-13,16,19,22H,2-5,10-11H2,1H3. The van der Waals surface area contributed by atoms with Crippen LogP contribution in [0.3, 0.4) is 0 Å². The third-order valence-corrected chi connectivity index (χ3v) is 6.74. The first kappa shape index (κ1) is 21.5. The molecule has 1 saturated carbocycles. The molecule has 1 aliphatic carbocycles. The minimum atomic E-state index is -2.80. The summed E-state index contributed by atoms with van der Waals surface area (Å²) in [7, 11) is 1.55. The van der Waals surface area contributed by atoms with Crippen LogP contribution in [0, 0.1) is 5.92 Å². The molecule has 7 nitrogen and oxygen atoms in total. The van der Waals surface area contributed by atoms with Gasteiger partial charge in [0, 0.05) is 30.5 Å². The average Bonchev–Trinajstić information content (AvgIpc) is 3.27. The Morgan fingerprint density at radius 1 is 1.18 bits per heavy atom.